The largest absolute Gasteiger partial charge is 0.303 e. The van der Waals surface area contributed by atoms with E-state index in [0.29, 0.717) is 0 Å². The lowest BCUT2D eigenvalue weighted by Gasteiger charge is -2.37. The van der Waals surface area contributed by atoms with Gasteiger partial charge in [-0.3, -0.25) is 0 Å². The third-order valence-corrected chi connectivity index (χ3v) is 8.18. The summed E-state index contributed by atoms with van der Waals surface area (Å²) in [6, 6.07) is 0. The average Bonchev–Trinajstić information content (AvgIpc) is 3.28. The molecule has 22 heavy (non-hydrogen) atoms. The van der Waals surface area contributed by atoms with Crippen molar-refractivity contribution in [3.8, 4) is 0 Å². The van der Waals surface area contributed by atoms with E-state index in [2.05, 4.69) is 9.80 Å². The zero-order valence-electron chi connectivity index (χ0n) is 14.3. The van der Waals surface area contributed by atoms with Crippen molar-refractivity contribution in [1.29, 1.82) is 0 Å². The first kappa shape index (κ1) is 14.3. The van der Waals surface area contributed by atoms with Gasteiger partial charge in [0.2, 0.25) is 0 Å². The number of nitrogens with zero attached hydrogens (tertiary/aromatic N) is 2. The van der Waals surface area contributed by atoms with Crippen molar-refractivity contribution in [2.75, 3.05) is 39.3 Å². The van der Waals surface area contributed by atoms with Gasteiger partial charge in [-0.25, -0.2) is 0 Å². The van der Waals surface area contributed by atoms with E-state index in [-0.39, 0.29) is 0 Å². The third-order valence-electron chi connectivity index (χ3n) is 8.18. The molecule has 0 aromatic rings. The Kier molecular flexibility index (Phi) is 3.75. The van der Waals surface area contributed by atoms with Crippen LogP contribution in [0.15, 0.2) is 0 Å². The maximum atomic E-state index is 2.80. The van der Waals surface area contributed by atoms with Crippen LogP contribution in [-0.4, -0.2) is 49.1 Å². The summed E-state index contributed by atoms with van der Waals surface area (Å²) in [5, 5.41) is 0. The van der Waals surface area contributed by atoms with Gasteiger partial charge in [0.25, 0.3) is 0 Å². The molecule has 0 N–H and O–H groups in total. The van der Waals surface area contributed by atoms with E-state index >= 15 is 0 Å². The van der Waals surface area contributed by atoms with Gasteiger partial charge in [-0.1, -0.05) is 0 Å². The van der Waals surface area contributed by atoms with E-state index in [9.17, 15) is 0 Å². The lowest BCUT2D eigenvalue weighted by molar-refractivity contribution is 0.108. The first-order valence-corrected chi connectivity index (χ1v) is 10.3. The molecule has 5 rings (SSSR count). The summed E-state index contributed by atoms with van der Waals surface area (Å²) in [6.45, 7) is 8.53. The van der Waals surface area contributed by atoms with E-state index < -0.39 is 0 Å². The van der Waals surface area contributed by atoms with Crippen molar-refractivity contribution in [2.45, 2.75) is 51.4 Å². The van der Waals surface area contributed by atoms with Crippen LogP contribution >= 0.6 is 0 Å². The van der Waals surface area contributed by atoms with Gasteiger partial charge >= 0.3 is 0 Å². The number of likely N-dealkylation sites (tertiary alicyclic amines) is 2. The minimum Gasteiger partial charge on any atom is -0.303 e. The van der Waals surface area contributed by atoms with Crippen molar-refractivity contribution in [2.24, 2.45) is 35.5 Å². The van der Waals surface area contributed by atoms with Crippen molar-refractivity contribution in [1.82, 2.24) is 9.80 Å². The van der Waals surface area contributed by atoms with Gasteiger partial charge in [0.05, 0.1) is 0 Å². The molecular weight excluding hydrogens is 268 g/mol. The van der Waals surface area contributed by atoms with Crippen molar-refractivity contribution in [3.63, 3.8) is 0 Å². The van der Waals surface area contributed by atoms with Gasteiger partial charge < -0.3 is 9.80 Å². The second kappa shape index (κ2) is 5.77. The molecule has 3 aliphatic carbocycles. The quantitative estimate of drug-likeness (QED) is 0.784. The van der Waals surface area contributed by atoms with Crippen molar-refractivity contribution in [3.05, 3.63) is 0 Å². The molecule has 2 heteroatoms. The highest BCUT2D eigenvalue weighted by atomic mass is 15.1. The normalized spacial score (nSPS) is 48.5. The smallest absolute Gasteiger partial charge is 0.00125 e. The predicted octanol–water partition coefficient (Wildman–Crippen LogP) is 3.48. The van der Waals surface area contributed by atoms with Crippen LogP contribution in [0.3, 0.4) is 0 Å². The molecule has 5 fully saturated rings. The molecule has 6 unspecified atom stereocenters. The molecule has 0 amide bonds. The molecule has 5 aliphatic rings. The Morgan fingerprint density at radius 2 is 1.27 bits per heavy atom. The highest BCUT2D eigenvalue weighted by Gasteiger charge is 2.57. The first-order chi connectivity index (χ1) is 10.9. The van der Waals surface area contributed by atoms with Crippen LogP contribution in [0.1, 0.15) is 51.4 Å². The summed E-state index contributed by atoms with van der Waals surface area (Å²) in [5.74, 6) is 6.67. The third kappa shape index (κ3) is 2.36. The summed E-state index contributed by atoms with van der Waals surface area (Å²) in [5.41, 5.74) is 0. The summed E-state index contributed by atoms with van der Waals surface area (Å²) < 4.78 is 0. The van der Waals surface area contributed by atoms with Gasteiger partial charge in [-0.15, -0.1) is 0 Å². The maximum Gasteiger partial charge on any atom is 0.00125 e. The number of hydrogen-bond donors (Lipinski definition) is 0. The van der Waals surface area contributed by atoms with E-state index in [4.69, 9.17) is 0 Å². The lowest BCUT2D eigenvalue weighted by Crippen LogP contribution is -2.38. The van der Waals surface area contributed by atoms with Crippen molar-refractivity contribution >= 4 is 0 Å². The molecule has 2 bridgehead atoms. The Bertz CT molecular complexity index is 397. The van der Waals surface area contributed by atoms with Crippen LogP contribution in [0, 0.1) is 35.5 Å². The molecule has 6 atom stereocenters. The van der Waals surface area contributed by atoms with Gasteiger partial charge in [0, 0.05) is 13.1 Å². The molecule has 2 nitrogen and oxygen atoms in total. The zero-order chi connectivity index (χ0) is 14.5. The van der Waals surface area contributed by atoms with Crippen LogP contribution in [0.2, 0.25) is 0 Å². The molecule has 124 valence electrons. The van der Waals surface area contributed by atoms with Crippen LogP contribution in [-0.2, 0) is 0 Å². The van der Waals surface area contributed by atoms with E-state index in [1.54, 1.807) is 25.7 Å². The minimum atomic E-state index is 1.07. The predicted molar refractivity (Wildman–Crippen MR) is 90.8 cm³/mol. The first-order valence-electron chi connectivity index (χ1n) is 10.3. The van der Waals surface area contributed by atoms with E-state index in [0.717, 1.165) is 35.5 Å². The summed E-state index contributed by atoms with van der Waals surface area (Å²) in [7, 11) is 0. The molecule has 0 radical (unpaired) electrons. The SMILES string of the molecule is C1CCN(CC2CC3CC2C2C(CN4CCCC4)CCC32)C1. The van der Waals surface area contributed by atoms with Crippen molar-refractivity contribution < 1.29 is 0 Å². The fourth-order valence-electron chi connectivity index (χ4n) is 7.40. The Morgan fingerprint density at radius 3 is 1.95 bits per heavy atom. The number of rotatable bonds is 4. The van der Waals surface area contributed by atoms with Crippen LogP contribution in [0.25, 0.3) is 0 Å². The van der Waals surface area contributed by atoms with Gasteiger partial charge in [0.1, 0.15) is 0 Å². The number of hydrogen-bond acceptors (Lipinski definition) is 2. The molecule has 2 aliphatic heterocycles. The summed E-state index contributed by atoms with van der Waals surface area (Å²) >= 11 is 0. The summed E-state index contributed by atoms with van der Waals surface area (Å²) in [4.78, 5) is 5.60. The Balaban J connectivity index is 1.25. The Labute approximate surface area is 136 Å². The van der Waals surface area contributed by atoms with Gasteiger partial charge in [-0.2, -0.15) is 0 Å². The maximum absolute atomic E-state index is 2.80. The van der Waals surface area contributed by atoms with E-state index in [1.165, 1.54) is 65.0 Å². The highest BCUT2D eigenvalue weighted by Crippen LogP contribution is 2.63. The molecule has 0 aromatic heterocycles. The molecule has 3 saturated carbocycles. The van der Waals surface area contributed by atoms with Crippen LogP contribution in [0.4, 0.5) is 0 Å². The van der Waals surface area contributed by atoms with Gasteiger partial charge in [0.15, 0.2) is 0 Å². The zero-order valence-corrected chi connectivity index (χ0v) is 14.3. The fraction of sp³-hybridized carbons (Fsp3) is 1.00. The molecule has 0 spiro atoms. The second-order valence-electron chi connectivity index (χ2n) is 9.25. The molecule has 2 saturated heterocycles. The highest BCUT2D eigenvalue weighted by molar-refractivity contribution is 5.06. The molecule has 2 heterocycles. The molecule has 0 aromatic carbocycles. The standard InChI is InChI=1S/C20H34N2/c1-2-8-21(7-1)13-15-5-6-18-16-11-17(19(12-16)20(15)18)14-22-9-3-4-10-22/h15-20H,1-14H2. The van der Waals surface area contributed by atoms with Crippen LogP contribution in [0.5, 0.6) is 0 Å². The Hall–Kier alpha value is -0.0800. The topological polar surface area (TPSA) is 6.48 Å². The van der Waals surface area contributed by atoms with Crippen LogP contribution < -0.4 is 0 Å². The minimum absolute atomic E-state index is 1.07. The second-order valence-corrected chi connectivity index (χ2v) is 9.25. The average molecular weight is 303 g/mol. The van der Waals surface area contributed by atoms with E-state index in [1.807, 2.05) is 0 Å². The van der Waals surface area contributed by atoms with Gasteiger partial charge in [-0.05, 0) is 113 Å². The molecular formula is C20H34N2. The monoisotopic (exact) mass is 302 g/mol. The number of fused-ring (bicyclic) bond motifs is 5. The lowest BCUT2D eigenvalue weighted by atomic mass is 9.72. The summed E-state index contributed by atoms with van der Waals surface area (Å²) in [6.07, 6.45) is 12.2. The Morgan fingerprint density at radius 1 is 0.636 bits per heavy atom. The fourth-order valence-corrected chi connectivity index (χ4v) is 7.40.